The summed E-state index contributed by atoms with van der Waals surface area (Å²) in [6.45, 7) is 3.15. The summed E-state index contributed by atoms with van der Waals surface area (Å²) in [5, 5.41) is 9.22. The molecule has 1 N–H and O–H groups in total. The summed E-state index contributed by atoms with van der Waals surface area (Å²) in [6.07, 6.45) is -0.155. The first-order chi connectivity index (χ1) is 5.52. The maximum atomic E-state index is 11.0. The van der Waals surface area contributed by atoms with E-state index in [1.54, 1.807) is 0 Å². The quantitative estimate of drug-likeness (QED) is 0.581. The molecule has 0 aliphatic carbocycles. The van der Waals surface area contributed by atoms with Gasteiger partial charge in [0.1, 0.15) is 0 Å². The summed E-state index contributed by atoms with van der Waals surface area (Å²) in [7, 11) is 0. The molecule has 0 saturated carbocycles. The van der Waals surface area contributed by atoms with E-state index in [1.807, 2.05) is 0 Å². The van der Waals surface area contributed by atoms with E-state index in [0.29, 0.717) is 13.0 Å². The minimum Gasteiger partial charge on any atom is -0.391 e. The molecule has 1 fully saturated rings. The van der Waals surface area contributed by atoms with Crippen molar-refractivity contribution in [1.82, 2.24) is 4.90 Å². The first-order valence-electron chi connectivity index (χ1n) is 3.98. The van der Waals surface area contributed by atoms with Crippen molar-refractivity contribution >= 4 is 11.7 Å². The number of carbonyl (C=O) groups is 2. The van der Waals surface area contributed by atoms with Crippen molar-refractivity contribution in [2.45, 2.75) is 32.4 Å². The lowest BCUT2D eigenvalue weighted by atomic mass is 10.1. The molecule has 0 radical (unpaired) electrons. The third-order valence-electron chi connectivity index (χ3n) is 2.15. The van der Waals surface area contributed by atoms with Crippen LogP contribution in [0.15, 0.2) is 0 Å². The Bertz CT molecular complexity index is 192. The molecule has 1 aliphatic heterocycles. The van der Waals surface area contributed by atoms with Gasteiger partial charge in [-0.3, -0.25) is 9.59 Å². The van der Waals surface area contributed by atoms with Crippen LogP contribution in [0.4, 0.5) is 0 Å². The van der Waals surface area contributed by atoms with Crippen molar-refractivity contribution in [3.8, 4) is 0 Å². The third-order valence-corrected chi connectivity index (χ3v) is 2.15. The van der Waals surface area contributed by atoms with E-state index in [2.05, 4.69) is 0 Å². The first-order valence-corrected chi connectivity index (χ1v) is 3.98. The van der Waals surface area contributed by atoms with E-state index in [1.165, 1.54) is 18.7 Å². The van der Waals surface area contributed by atoms with Crippen LogP contribution in [0.25, 0.3) is 0 Å². The highest BCUT2D eigenvalue weighted by Gasteiger charge is 2.35. The van der Waals surface area contributed by atoms with Crippen LogP contribution in [0.3, 0.4) is 0 Å². The molecule has 68 valence electrons. The Labute approximate surface area is 71.2 Å². The zero-order chi connectivity index (χ0) is 9.30. The fourth-order valence-electron chi connectivity index (χ4n) is 1.55. The van der Waals surface area contributed by atoms with Gasteiger partial charge in [-0.05, 0) is 6.92 Å². The molecule has 1 heterocycles. The van der Waals surface area contributed by atoms with Gasteiger partial charge in [0.15, 0.2) is 5.78 Å². The maximum absolute atomic E-state index is 11.0. The topological polar surface area (TPSA) is 57.6 Å². The van der Waals surface area contributed by atoms with E-state index < -0.39 is 12.1 Å². The van der Waals surface area contributed by atoms with E-state index >= 15 is 0 Å². The number of Topliss-reactive ketones (excluding diaryl/α,β-unsaturated/α-hetero) is 1. The highest BCUT2D eigenvalue weighted by Crippen LogP contribution is 2.18. The normalized spacial score (nSPS) is 29.1. The molecule has 1 amide bonds. The standard InChI is InChI=1S/C8H13NO3/c1-5(10)8-3-7(12)4-9(8)6(2)11/h7-8,12H,3-4H2,1-2H3/t7-,8+/m1/s1. The molecule has 0 aromatic heterocycles. The zero-order valence-electron chi connectivity index (χ0n) is 7.28. The number of aliphatic hydroxyl groups is 1. The number of β-amino-alcohol motifs (C(OH)–C–C–N with tert-alkyl or cyclic N) is 1. The highest BCUT2D eigenvalue weighted by molar-refractivity contribution is 5.87. The van der Waals surface area contributed by atoms with Crippen LogP contribution >= 0.6 is 0 Å². The number of rotatable bonds is 1. The largest absolute Gasteiger partial charge is 0.391 e. The van der Waals surface area contributed by atoms with Crippen LogP contribution in [0.2, 0.25) is 0 Å². The summed E-state index contributed by atoms with van der Waals surface area (Å²) in [5.74, 6) is -0.200. The number of aliphatic hydroxyl groups excluding tert-OH is 1. The summed E-state index contributed by atoms with van der Waals surface area (Å²) in [4.78, 5) is 23.4. The summed E-state index contributed by atoms with van der Waals surface area (Å²) < 4.78 is 0. The van der Waals surface area contributed by atoms with Crippen molar-refractivity contribution in [2.75, 3.05) is 6.54 Å². The molecule has 12 heavy (non-hydrogen) atoms. The highest BCUT2D eigenvalue weighted by atomic mass is 16.3. The van der Waals surface area contributed by atoms with Gasteiger partial charge < -0.3 is 10.0 Å². The van der Waals surface area contributed by atoms with Crippen molar-refractivity contribution in [3.05, 3.63) is 0 Å². The Morgan fingerprint density at radius 3 is 2.33 bits per heavy atom. The smallest absolute Gasteiger partial charge is 0.220 e. The second-order valence-electron chi connectivity index (χ2n) is 3.19. The second-order valence-corrected chi connectivity index (χ2v) is 3.19. The van der Waals surface area contributed by atoms with Crippen LogP contribution in [-0.4, -0.2) is 40.4 Å². The molecule has 1 aliphatic rings. The maximum Gasteiger partial charge on any atom is 0.220 e. The first kappa shape index (κ1) is 9.19. The van der Waals surface area contributed by atoms with Gasteiger partial charge >= 0.3 is 0 Å². The number of hydrogen-bond acceptors (Lipinski definition) is 3. The van der Waals surface area contributed by atoms with Crippen molar-refractivity contribution < 1.29 is 14.7 Å². The molecule has 0 bridgehead atoms. The predicted octanol–water partition coefficient (Wildman–Crippen LogP) is -0.443. The number of hydrogen-bond donors (Lipinski definition) is 1. The molecule has 0 unspecified atom stereocenters. The average Bonchev–Trinajstić information content (AvgIpc) is 2.31. The van der Waals surface area contributed by atoms with E-state index in [-0.39, 0.29) is 11.7 Å². The molecule has 1 saturated heterocycles. The minimum absolute atomic E-state index is 0.0539. The minimum atomic E-state index is -0.539. The molecular weight excluding hydrogens is 158 g/mol. The number of amides is 1. The lowest BCUT2D eigenvalue weighted by Crippen LogP contribution is -2.38. The van der Waals surface area contributed by atoms with Crippen molar-refractivity contribution in [2.24, 2.45) is 0 Å². The molecule has 4 nitrogen and oxygen atoms in total. The molecule has 0 spiro atoms. The fraction of sp³-hybridized carbons (Fsp3) is 0.750. The zero-order valence-corrected chi connectivity index (χ0v) is 7.28. The Hall–Kier alpha value is -0.900. The fourth-order valence-corrected chi connectivity index (χ4v) is 1.55. The van der Waals surface area contributed by atoms with Crippen molar-refractivity contribution in [3.63, 3.8) is 0 Å². The van der Waals surface area contributed by atoms with Gasteiger partial charge in [0.2, 0.25) is 5.91 Å². The average molecular weight is 171 g/mol. The molecule has 0 aromatic carbocycles. The monoisotopic (exact) mass is 171 g/mol. The lowest BCUT2D eigenvalue weighted by Gasteiger charge is -2.19. The van der Waals surface area contributed by atoms with Crippen LogP contribution < -0.4 is 0 Å². The van der Waals surface area contributed by atoms with Crippen LogP contribution in [0.5, 0.6) is 0 Å². The van der Waals surface area contributed by atoms with Gasteiger partial charge in [-0.25, -0.2) is 0 Å². The van der Waals surface area contributed by atoms with Gasteiger partial charge in [-0.15, -0.1) is 0 Å². The lowest BCUT2D eigenvalue weighted by molar-refractivity contribution is -0.135. The van der Waals surface area contributed by atoms with Gasteiger partial charge in [-0.2, -0.15) is 0 Å². The summed E-state index contributed by atoms with van der Waals surface area (Å²) >= 11 is 0. The Balaban J connectivity index is 2.72. The second kappa shape index (κ2) is 3.23. The van der Waals surface area contributed by atoms with Crippen LogP contribution in [0.1, 0.15) is 20.3 Å². The SMILES string of the molecule is CC(=O)[C@@H]1C[C@@H](O)CN1C(C)=O. The summed E-state index contributed by atoms with van der Waals surface area (Å²) in [5.41, 5.74) is 0. The summed E-state index contributed by atoms with van der Waals surface area (Å²) in [6, 6.07) is -0.405. The van der Waals surface area contributed by atoms with Crippen LogP contribution in [-0.2, 0) is 9.59 Å². The van der Waals surface area contributed by atoms with Gasteiger partial charge in [0.05, 0.1) is 12.1 Å². The van der Waals surface area contributed by atoms with Gasteiger partial charge in [0, 0.05) is 19.9 Å². The molecular formula is C8H13NO3. The van der Waals surface area contributed by atoms with E-state index in [4.69, 9.17) is 0 Å². The van der Waals surface area contributed by atoms with Gasteiger partial charge in [0.25, 0.3) is 0 Å². The predicted molar refractivity (Wildman–Crippen MR) is 42.5 cm³/mol. The van der Waals surface area contributed by atoms with Crippen LogP contribution in [0, 0.1) is 0 Å². The van der Waals surface area contributed by atoms with E-state index in [0.717, 1.165) is 0 Å². The number of likely N-dealkylation sites (tertiary alicyclic amines) is 1. The molecule has 1 rings (SSSR count). The van der Waals surface area contributed by atoms with E-state index in [9.17, 15) is 14.7 Å². The van der Waals surface area contributed by atoms with Crippen molar-refractivity contribution in [1.29, 1.82) is 0 Å². The number of carbonyl (C=O) groups excluding carboxylic acids is 2. The molecule has 4 heteroatoms. The Kier molecular flexibility index (Phi) is 2.47. The Morgan fingerprint density at radius 1 is 1.42 bits per heavy atom. The van der Waals surface area contributed by atoms with Gasteiger partial charge in [-0.1, -0.05) is 0 Å². The third kappa shape index (κ3) is 1.64. The molecule has 2 atom stereocenters. The number of ketones is 1. The number of nitrogens with zero attached hydrogens (tertiary/aromatic N) is 1. The molecule has 0 aromatic rings. The Morgan fingerprint density at radius 2 is 2.00 bits per heavy atom.